The van der Waals surface area contributed by atoms with Gasteiger partial charge in [0.05, 0.1) is 11.0 Å². The van der Waals surface area contributed by atoms with Crippen molar-refractivity contribution in [1.29, 1.82) is 0 Å². The average Bonchev–Trinajstić information content (AvgIpc) is 3.40. The molecule has 1 heterocycles. The Morgan fingerprint density at radius 2 is 1.05 bits per heavy atom. The summed E-state index contributed by atoms with van der Waals surface area (Å²) in [4.78, 5) is 5.02. The molecule has 0 radical (unpaired) electrons. The molecule has 0 saturated heterocycles. The van der Waals surface area contributed by atoms with E-state index in [0.717, 1.165) is 28.1 Å². The van der Waals surface area contributed by atoms with E-state index in [1.807, 2.05) is 12.1 Å². The van der Waals surface area contributed by atoms with Crippen molar-refractivity contribution in [3.05, 3.63) is 146 Å². The Balaban J connectivity index is 1.21. The van der Waals surface area contributed by atoms with E-state index in [1.165, 1.54) is 43.4 Å². The van der Waals surface area contributed by atoms with Gasteiger partial charge in [-0.05, 0) is 85.9 Å². The van der Waals surface area contributed by atoms with Gasteiger partial charge in [-0.25, -0.2) is 4.98 Å². The van der Waals surface area contributed by atoms with Gasteiger partial charge in [-0.15, -0.1) is 0 Å². The van der Waals surface area contributed by atoms with Gasteiger partial charge in [-0.1, -0.05) is 103 Å². The molecule has 0 atom stereocenters. The molecule has 0 amide bonds. The van der Waals surface area contributed by atoms with Crippen LogP contribution in [0.15, 0.2) is 146 Å². The summed E-state index contributed by atoms with van der Waals surface area (Å²) in [5, 5.41) is 7.67. The summed E-state index contributed by atoms with van der Waals surface area (Å²) in [6, 6.07) is 52.1. The molecule has 0 aliphatic carbocycles. The molecule has 2 heteroatoms. The van der Waals surface area contributed by atoms with Crippen molar-refractivity contribution in [3.63, 3.8) is 0 Å². The second kappa shape index (κ2) is 8.68. The summed E-state index contributed by atoms with van der Waals surface area (Å²) in [6.45, 7) is 0. The molecule has 8 rings (SSSR count). The van der Waals surface area contributed by atoms with Crippen molar-refractivity contribution in [2.75, 3.05) is 0 Å². The minimum atomic E-state index is 0.950. The van der Waals surface area contributed by atoms with Crippen molar-refractivity contribution in [1.82, 2.24) is 9.55 Å². The second-order valence-electron chi connectivity index (χ2n) is 10.1. The fraction of sp³-hybridized carbons (Fsp3) is 0. The highest BCUT2D eigenvalue weighted by molar-refractivity contribution is 6.12. The van der Waals surface area contributed by atoms with E-state index in [-0.39, 0.29) is 0 Å². The van der Waals surface area contributed by atoms with Gasteiger partial charge in [0.2, 0.25) is 0 Å². The van der Waals surface area contributed by atoms with Gasteiger partial charge in [0, 0.05) is 11.3 Å². The van der Waals surface area contributed by atoms with Crippen LogP contribution in [0.1, 0.15) is 0 Å². The van der Waals surface area contributed by atoms with Crippen LogP contribution in [0, 0.1) is 0 Å². The maximum atomic E-state index is 5.02. The number of benzene rings is 7. The predicted molar refractivity (Wildman–Crippen MR) is 164 cm³/mol. The number of nitrogens with zero attached hydrogens (tertiary/aromatic N) is 2. The minimum absolute atomic E-state index is 0.950. The van der Waals surface area contributed by atoms with Gasteiger partial charge in [0.1, 0.15) is 5.82 Å². The highest BCUT2D eigenvalue weighted by Crippen LogP contribution is 2.34. The smallest absolute Gasteiger partial charge is 0.145 e. The first-order valence-electron chi connectivity index (χ1n) is 13.3. The zero-order valence-electron chi connectivity index (χ0n) is 21.3. The molecule has 1 aromatic heterocycles. The Morgan fingerprint density at radius 3 is 1.87 bits per heavy atom. The normalized spacial score (nSPS) is 11.6. The Kier molecular flexibility index (Phi) is 4.86. The molecule has 0 aliphatic rings. The van der Waals surface area contributed by atoms with E-state index >= 15 is 0 Å². The standard InChI is InChI=1S/C37H24N2/c1-2-10-32(11-3-1)39-36-13-7-6-12-35(36)38-37(39)26-16-14-25(15-17-26)29-20-21-33-30(23-29)18-19-31-22-27-8-4-5-9-28(27)24-34(31)33/h1-24H. The predicted octanol–water partition coefficient (Wildman–Crippen LogP) is 9.82. The molecular weight excluding hydrogens is 472 g/mol. The van der Waals surface area contributed by atoms with Crippen LogP contribution >= 0.6 is 0 Å². The molecule has 2 nitrogen and oxygen atoms in total. The van der Waals surface area contributed by atoms with Gasteiger partial charge in [-0.2, -0.15) is 0 Å². The van der Waals surface area contributed by atoms with Crippen molar-refractivity contribution >= 4 is 43.4 Å². The Labute approximate surface area is 226 Å². The number of fused-ring (bicyclic) bond motifs is 5. The highest BCUT2D eigenvalue weighted by atomic mass is 15.1. The number of para-hydroxylation sites is 3. The number of hydrogen-bond acceptors (Lipinski definition) is 1. The Morgan fingerprint density at radius 1 is 0.410 bits per heavy atom. The average molecular weight is 497 g/mol. The van der Waals surface area contributed by atoms with Crippen molar-refractivity contribution < 1.29 is 0 Å². The van der Waals surface area contributed by atoms with Gasteiger partial charge in [0.25, 0.3) is 0 Å². The maximum absolute atomic E-state index is 5.02. The van der Waals surface area contributed by atoms with Crippen LogP contribution in [0.3, 0.4) is 0 Å². The molecule has 0 saturated carbocycles. The molecule has 0 fully saturated rings. The summed E-state index contributed by atoms with van der Waals surface area (Å²) in [7, 11) is 0. The first kappa shape index (κ1) is 21.8. The molecule has 7 aromatic carbocycles. The maximum Gasteiger partial charge on any atom is 0.145 e. The summed E-state index contributed by atoms with van der Waals surface area (Å²) in [6.07, 6.45) is 0. The molecule has 39 heavy (non-hydrogen) atoms. The van der Waals surface area contributed by atoms with Gasteiger partial charge < -0.3 is 0 Å². The number of rotatable bonds is 3. The quantitative estimate of drug-likeness (QED) is 0.176. The van der Waals surface area contributed by atoms with Crippen molar-refractivity contribution in [2.45, 2.75) is 0 Å². The molecule has 0 spiro atoms. The number of hydrogen-bond donors (Lipinski definition) is 0. The summed E-state index contributed by atoms with van der Waals surface area (Å²) in [5.41, 5.74) is 6.72. The third-order valence-electron chi connectivity index (χ3n) is 7.75. The first-order valence-corrected chi connectivity index (χ1v) is 13.3. The van der Waals surface area contributed by atoms with E-state index in [0.29, 0.717) is 0 Å². The fourth-order valence-corrected chi connectivity index (χ4v) is 5.80. The molecule has 0 bridgehead atoms. The Bertz CT molecular complexity index is 2150. The monoisotopic (exact) mass is 496 g/mol. The van der Waals surface area contributed by atoms with E-state index in [1.54, 1.807) is 0 Å². The summed E-state index contributed by atoms with van der Waals surface area (Å²) in [5.74, 6) is 0.950. The zero-order valence-corrected chi connectivity index (χ0v) is 21.3. The van der Waals surface area contributed by atoms with Gasteiger partial charge in [-0.3, -0.25) is 4.57 Å². The molecule has 0 unspecified atom stereocenters. The molecule has 182 valence electrons. The van der Waals surface area contributed by atoms with Crippen LogP contribution in [0.2, 0.25) is 0 Å². The van der Waals surface area contributed by atoms with E-state index in [2.05, 4.69) is 138 Å². The van der Waals surface area contributed by atoms with Crippen LogP contribution < -0.4 is 0 Å². The van der Waals surface area contributed by atoms with Gasteiger partial charge in [0.15, 0.2) is 0 Å². The van der Waals surface area contributed by atoms with E-state index < -0.39 is 0 Å². The van der Waals surface area contributed by atoms with Crippen LogP contribution in [-0.4, -0.2) is 9.55 Å². The topological polar surface area (TPSA) is 17.8 Å². The zero-order chi connectivity index (χ0) is 25.8. The van der Waals surface area contributed by atoms with Crippen molar-refractivity contribution in [3.8, 4) is 28.2 Å². The fourth-order valence-electron chi connectivity index (χ4n) is 5.80. The summed E-state index contributed by atoms with van der Waals surface area (Å²) < 4.78 is 2.25. The lowest BCUT2D eigenvalue weighted by Gasteiger charge is -2.11. The van der Waals surface area contributed by atoms with Crippen molar-refractivity contribution in [2.24, 2.45) is 0 Å². The van der Waals surface area contributed by atoms with Crippen LogP contribution in [0.5, 0.6) is 0 Å². The minimum Gasteiger partial charge on any atom is -0.292 e. The first-order chi connectivity index (χ1) is 19.3. The van der Waals surface area contributed by atoms with E-state index in [4.69, 9.17) is 4.98 Å². The lowest BCUT2D eigenvalue weighted by atomic mass is 9.95. The SMILES string of the molecule is c1ccc(-n2c(-c3ccc(-c4ccc5c(ccc6cc7ccccc7cc65)c4)cc3)nc3ccccc32)cc1. The molecular formula is C37H24N2. The lowest BCUT2D eigenvalue weighted by Crippen LogP contribution is -1.97. The largest absolute Gasteiger partial charge is 0.292 e. The van der Waals surface area contributed by atoms with Gasteiger partial charge >= 0.3 is 0 Å². The van der Waals surface area contributed by atoms with Crippen LogP contribution in [-0.2, 0) is 0 Å². The van der Waals surface area contributed by atoms with Crippen LogP contribution in [0.25, 0.3) is 71.6 Å². The molecule has 0 N–H and O–H groups in total. The summed E-state index contributed by atoms with van der Waals surface area (Å²) >= 11 is 0. The Hall–Kier alpha value is -5.21. The second-order valence-corrected chi connectivity index (χ2v) is 10.1. The van der Waals surface area contributed by atoms with E-state index in [9.17, 15) is 0 Å². The number of imidazole rings is 1. The highest BCUT2D eigenvalue weighted by Gasteiger charge is 2.14. The van der Waals surface area contributed by atoms with Crippen LogP contribution in [0.4, 0.5) is 0 Å². The lowest BCUT2D eigenvalue weighted by molar-refractivity contribution is 1.10. The molecule has 0 aliphatic heterocycles. The number of aromatic nitrogens is 2. The third kappa shape index (κ3) is 3.61. The third-order valence-corrected chi connectivity index (χ3v) is 7.75. The molecule has 8 aromatic rings.